The first-order valence-corrected chi connectivity index (χ1v) is 7.95. The zero-order chi connectivity index (χ0) is 18.2. The van der Waals surface area contributed by atoms with Crippen molar-refractivity contribution in [1.82, 2.24) is 20.2 Å². The van der Waals surface area contributed by atoms with Crippen molar-refractivity contribution in [3.63, 3.8) is 0 Å². The van der Waals surface area contributed by atoms with Crippen molar-refractivity contribution in [3.8, 4) is 0 Å². The molecule has 6 nitrogen and oxygen atoms in total. The highest BCUT2D eigenvalue weighted by Crippen LogP contribution is 2.07. The van der Waals surface area contributed by atoms with Gasteiger partial charge in [-0.2, -0.15) is 5.10 Å². The second kappa shape index (κ2) is 8.77. The lowest BCUT2D eigenvalue weighted by atomic mass is 10.2. The van der Waals surface area contributed by atoms with E-state index in [2.05, 4.69) is 25.5 Å². The molecule has 2 aromatic rings. The molecule has 0 radical (unpaired) electrons. The summed E-state index contributed by atoms with van der Waals surface area (Å²) in [7, 11) is 0. The van der Waals surface area contributed by atoms with E-state index in [1.54, 1.807) is 6.08 Å². The maximum Gasteiger partial charge on any atom is 0.323 e. The van der Waals surface area contributed by atoms with Crippen LogP contribution in [0.1, 0.15) is 30.9 Å². The summed E-state index contributed by atoms with van der Waals surface area (Å²) in [5.74, 6) is 0.433. The Morgan fingerprint density at radius 1 is 1.24 bits per heavy atom. The molecule has 132 valence electrons. The third kappa shape index (κ3) is 6.21. The summed E-state index contributed by atoms with van der Waals surface area (Å²) in [5.41, 5.74) is 3.15. The van der Waals surface area contributed by atoms with Gasteiger partial charge in [0.05, 0.1) is 17.2 Å². The van der Waals surface area contributed by atoms with Crippen LogP contribution in [0, 0.1) is 6.92 Å². The molecule has 0 aliphatic heterocycles. The van der Waals surface area contributed by atoms with Crippen molar-refractivity contribution >= 4 is 11.9 Å². The molecule has 0 saturated heterocycles. The van der Waals surface area contributed by atoms with Crippen LogP contribution in [0.25, 0.3) is 6.08 Å². The first-order chi connectivity index (χ1) is 11.9. The first-order valence-electron chi connectivity index (χ1n) is 7.95. The Hall–Kier alpha value is -2.96. The van der Waals surface area contributed by atoms with Crippen molar-refractivity contribution < 1.29 is 4.39 Å². The Morgan fingerprint density at radius 3 is 2.64 bits per heavy atom. The van der Waals surface area contributed by atoms with Gasteiger partial charge in [0.15, 0.2) is 0 Å². The Labute approximate surface area is 145 Å². The number of allylic oxidation sites excluding steroid dienone is 4. The number of hydrogen-bond donors (Lipinski definition) is 3. The number of hydrogen-bond acceptors (Lipinski definition) is 4. The molecule has 0 unspecified atom stereocenters. The van der Waals surface area contributed by atoms with E-state index >= 15 is 0 Å². The van der Waals surface area contributed by atoms with Crippen LogP contribution >= 0.6 is 0 Å². The van der Waals surface area contributed by atoms with Crippen LogP contribution in [0.2, 0.25) is 0 Å². The number of nitrogens with one attached hydrogen (secondary N) is 3. The fourth-order valence-electron chi connectivity index (χ4n) is 2.06. The second-order valence-electron chi connectivity index (χ2n) is 5.75. The Balaban J connectivity index is 1.87. The minimum absolute atomic E-state index is 0.214. The summed E-state index contributed by atoms with van der Waals surface area (Å²) >= 11 is 0. The summed E-state index contributed by atoms with van der Waals surface area (Å²) in [6.45, 7) is 5.72. The Morgan fingerprint density at radius 2 is 2.04 bits per heavy atom. The number of halogens is 1. The van der Waals surface area contributed by atoms with Crippen LogP contribution < -0.4 is 11.0 Å². The van der Waals surface area contributed by atoms with E-state index in [1.165, 1.54) is 13.0 Å². The lowest BCUT2D eigenvalue weighted by Gasteiger charge is -2.05. The maximum absolute atomic E-state index is 12.7. The van der Waals surface area contributed by atoms with E-state index in [4.69, 9.17) is 0 Å². The molecule has 0 aromatic carbocycles. The number of aryl methyl sites for hydroxylation is 1. The Bertz CT molecular complexity index is 839. The molecule has 7 heteroatoms. The topological polar surface area (TPSA) is 86.5 Å². The molecule has 0 aliphatic carbocycles. The molecule has 0 bridgehead atoms. The second-order valence-corrected chi connectivity index (χ2v) is 5.75. The fourth-order valence-corrected chi connectivity index (χ4v) is 2.06. The summed E-state index contributed by atoms with van der Waals surface area (Å²) in [6.07, 6.45) is 7.52. The molecule has 2 aromatic heterocycles. The lowest BCUT2D eigenvalue weighted by molar-refractivity contribution is 0.640. The van der Waals surface area contributed by atoms with Gasteiger partial charge in [0.2, 0.25) is 0 Å². The zero-order valence-electron chi connectivity index (χ0n) is 14.6. The van der Waals surface area contributed by atoms with E-state index in [1.807, 2.05) is 38.1 Å². The molecule has 0 saturated carbocycles. The van der Waals surface area contributed by atoms with E-state index in [0.717, 1.165) is 22.7 Å². The van der Waals surface area contributed by atoms with Gasteiger partial charge in [-0.3, -0.25) is 0 Å². The quantitative estimate of drug-likeness (QED) is 0.673. The van der Waals surface area contributed by atoms with Crippen LogP contribution in [0.3, 0.4) is 0 Å². The number of anilines is 1. The molecule has 0 spiro atoms. The molecule has 0 atom stereocenters. The summed E-state index contributed by atoms with van der Waals surface area (Å²) in [6, 6.07) is 3.74. The Kier molecular flexibility index (Phi) is 6.45. The molecule has 0 aliphatic rings. The van der Waals surface area contributed by atoms with Crippen molar-refractivity contribution in [2.24, 2.45) is 0 Å². The predicted octanol–water partition coefficient (Wildman–Crippen LogP) is 3.29. The summed E-state index contributed by atoms with van der Waals surface area (Å²) in [5, 5.41) is 11.4. The van der Waals surface area contributed by atoms with Crippen LogP contribution in [-0.2, 0) is 6.42 Å². The lowest BCUT2D eigenvalue weighted by Crippen LogP contribution is -2.05. The zero-order valence-corrected chi connectivity index (χ0v) is 14.6. The van der Waals surface area contributed by atoms with Gasteiger partial charge in [0, 0.05) is 18.7 Å². The van der Waals surface area contributed by atoms with E-state index < -0.39 is 0 Å². The number of rotatable bonds is 7. The van der Waals surface area contributed by atoms with Crippen molar-refractivity contribution in [2.75, 3.05) is 11.9 Å². The van der Waals surface area contributed by atoms with Crippen molar-refractivity contribution in [3.05, 3.63) is 69.3 Å². The monoisotopic (exact) mass is 343 g/mol. The van der Waals surface area contributed by atoms with Crippen LogP contribution in [0.15, 0.2) is 46.6 Å². The van der Waals surface area contributed by atoms with Gasteiger partial charge in [-0.25, -0.2) is 9.18 Å². The SMILES string of the molecule is C/C(F)=C\C=C(/C)CNc1ccc(C/C=C\c2[nH]c(=O)[nH]c2C)nn1. The molecule has 0 fully saturated rings. The largest absolute Gasteiger partial charge is 0.365 e. The fraction of sp³-hybridized carbons (Fsp3) is 0.278. The smallest absolute Gasteiger partial charge is 0.323 e. The molecular formula is C18H22FN5O. The van der Waals surface area contributed by atoms with Crippen LogP contribution in [-0.4, -0.2) is 26.7 Å². The molecule has 2 rings (SSSR count). The van der Waals surface area contributed by atoms with Gasteiger partial charge >= 0.3 is 5.69 Å². The van der Waals surface area contributed by atoms with Gasteiger partial charge in [-0.05, 0) is 45.1 Å². The minimum Gasteiger partial charge on any atom is -0.365 e. The summed E-state index contributed by atoms with van der Waals surface area (Å²) < 4.78 is 12.7. The normalized spacial score (nSPS) is 12.8. The third-order valence-electron chi connectivity index (χ3n) is 3.43. The van der Waals surface area contributed by atoms with E-state index in [9.17, 15) is 9.18 Å². The number of imidazole rings is 1. The molecule has 2 heterocycles. The molecule has 0 amide bonds. The van der Waals surface area contributed by atoms with Crippen LogP contribution in [0.5, 0.6) is 0 Å². The number of H-pyrrole nitrogens is 2. The average Bonchev–Trinajstić information content (AvgIpc) is 2.89. The average molecular weight is 343 g/mol. The van der Waals surface area contributed by atoms with Crippen molar-refractivity contribution in [2.45, 2.75) is 27.2 Å². The molecule has 25 heavy (non-hydrogen) atoms. The predicted molar refractivity (Wildman–Crippen MR) is 98.0 cm³/mol. The highest BCUT2D eigenvalue weighted by Gasteiger charge is 1.99. The summed E-state index contributed by atoms with van der Waals surface area (Å²) in [4.78, 5) is 16.5. The van der Waals surface area contributed by atoms with Gasteiger partial charge in [0.1, 0.15) is 5.82 Å². The standard InChI is InChI=1S/C18H22FN5O/c1-12(7-8-13(2)19)11-20-17-10-9-15(23-24-17)5-4-6-16-14(3)21-18(25)22-16/h4,6-10H,5,11H2,1-3H3,(H,20,24)(H2,21,22,25)/b6-4-,12-7+,13-8+. The molecule has 3 N–H and O–H groups in total. The first kappa shape index (κ1) is 18.4. The van der Waals surface area contributed by atoms with Crippen molar-refractivity contribution in [1.29, 1.82) is 0 Å². The van der Waals surface area contributed by atoms with Gasteiger partial charge < -0.3 is 15.3 Å². The number of nitrogens with zero attached hydrogens (tertiary/aromatic N) is 2. The van der Waals surface area contributed by atoms with Gasteiger partial charge in [0.25, 0.3) is 0 Å². The van der Waals surface area contributed by atoms with E-state index in [-0.39, 0.29) is 11.5 Å². The highest BCUT2D eigenvalue weighted by atomic mass is 19.1. The van der Waals surface area contributed by atoms with Gasteiger partial charge in [-0.15, -0.1) is 5.10 Å². The minimum atomic E-state index is -0.226. The highest BCUT2D eigenvalue weighted by molar-refractivity contribution is 5.47. The number of aromatic nitrogens is 4. The van der Waals surface area contributed by atoms with Crippen LogP contribution in [0.4, 0.5) is 10.2 Å². The maximum atomic E-state index is 12.7. The third-order valence-corrected chi connectivity index (χ3v) is 3.43. The molecular weight excluding hydrogens is 321 g/mol. The number of aromatic amines is 2. The van der Waals surface area contributed by atoms with Gasteiger partial charge in [-0.1, -0.05) is 17.7 Å². The van der Waals surface area contributed by atoms with E-state index in [0.29, 0.717) is 18.8 Å².